The van der Waals surface area contributed by atoms with Crippen molar-refractivity contribution in [3.63, 3.8) is 0 Å². The molecule has 98 valence electrons. The first-order chi connectivity index (χ1) is 8.54. The Bertz CT molecular complexity index is 415. The third-order valence-electron chi connectivity index (χ3n) is 2.52. The predicted octanol–water partition coefficient (Wildman–Crippen LogP) is 0.247. The minimum absolute atomic E-state index is 0.0494. The number of hydrogen-bond acceptors (Lipinski definition) is 3. The molecular formula is C13H19N3O2. The first-order valence-corrected chi connectivity index (χ1v) is 5.91. The molecule has 0 heterocycles. The van der Waals surface area contributed by atoms with Crippen LogP contribution in [0.2, 0.25) is 0 Å². The number of likely N-dealkylation sites (N-methyl/N-ethyl adjacent to an activating group) is 1. The van der Waals surface area contributed by atoms with Gasteiger partial charge in [-0.2, -0.15) is 0 Å². The van der Waals surface area contributed by atoms with Gasteiger partial charge in [-0.25, -0.2) is 0 Å². The molecular weight excluding hydrogens is 230 g/mol. The molecule has 0 saturated carbocycles. The van der Waals surface area contributed by atoms with Crippen LogP contribution >= 0.6 is 0 Å². The zero-order valence-electron chi connectivity index (χ0n) is 10.7. The van der Waals surface area contributed by atoms with Gasteiger partial charge in [-0.15, -0.1) is 0 Å². The topological polar surface area (TPSA) is 84.2 Å². The fraction of sp³-hybridized carbons (Fsp3) is 0.385. The second-order valence-corrected chi connectivity index (χ2v) is 4.06. The Kier molecular flexibility index (Phi) is 5.32. The van der Waals surface area contributed by atoms with Gasteiger partial charge in [0.25, 0.3) is 0 Å². The molecule has 0 saturated heterocycles. The molecule has 0 spiro atoms. The SMILES string of the molecule is CCNC(=O)CNC(=O)C(N)c1ccc(C)cc1. The van der Waals surface area contributed by atoms with E-state index in [1.807, 2.05) is 38.1 Å². The molecule has 1 aromatic rings. The zero-order chi connectivity index (χ0) is 13.5. The van der Waals surface area contributed by atoms with E-state index in [2.05, 4.69) is 10.6 Å². The Morgan fingerprint density at radius 2 is 1.83 bits per heavy atom. The van der Waals surface area contributed by atoms with Crippen LogP contribution in [0.5, 0.6) is 0 Å². The number of nitrogens with two attached hydrogens (primary N) is 1. The molecule has 18 heavy (non-hydrogen) atoms. The number of benzene rings is 1. The third kappa shape index (κ3) is 4.18. The maximum Gasteiger partial charge on any atom is 0.241 e. The number of rotatable bonds is 5. The van der Waals surface area contributed by atoms with Crippen LogP contribution in [0.4, 0.5) is 0 Å². The van der Waals surface area contributed by atoms with Crippen molar-refractivity contribution < 1.29 is 9.59 Å². The standard InChI is InChI=1S/C13H19N3O2/c1-3-15-11(17)8-16-13(18)12(14)10-6-4-9(2)5-7-10/h4-7,12H,3,8,14H2,1-2H3,(H,15,17)(H,16,18). The number of carbonyl (C=O) groups excluding carboxylic acids is 2. The maximum absolute atomic E-state index is 11.7. The Morgan fingerprint density at radius 1 is 1.22 bits per heavy atom. The molecule has 0 aliphatic carbocycles. The van der Waals surface area contributed by atoms with Crippen molar-refractivity contribution in [2.45, 2.75) is 19.9 Å². The zero-order valence-corrected chi connectivity index (χ0v) is 10.7. The molecule has 1 atom stereocenters. The molecule has 1 aromatic carbocycles. The van der Waals surface area contributed by atoms with Crippen molar-refractivity contribution in [1.82, 2.24) is 10.6 Å². The molecule has 1 unspecified atom stereocenters. The van der Waals surface area contributed by atoms with Crippen molar-refractivity contribution in [3.05, 3.63) is 35.4 Å². The van der Waals surface area contributed by atoms with Crippen molar-refractivity contribution >= 4 is 11.8 Å². The molecule has 4 N–H and O–H groups in total. The normalized spacial score (nSPS) is 11.7. The molecule has 2 amide bonds. The van der Waals surface area contributed by atoms with Crippen molar-refractivity contribution in [2.24, 2.45) is 5.73 Å². The summed E-state index contributed by atoms with van der Waals surface area (Å²) in [6.45, 7) is 4.27. The van der Waals surface area contributed by atoms with Gasteiger partial charge in [0.1, 0.15) is 6.04 Å². The third-order valence-corrected chi connectivity index (χ3v) is 2.52. The van der Waals surface area contributed by atoms with Crippen LogP contribution in [0.25, 0.3) is 0 Å². The molecule has 0 aromatic heterocycles. The van der Waals surface area contributed by atoms with Crippen LogP contribution < -0.4 is 16.4 Å². The smallest absolute Gasteiger partial charge is 0.241 e. The first kappa shape index (κ1) is 14.2. The number of nitrogens with one attached hydrogen (secondary N) is 2. The van der Waals surface area contributed by atoms with Crippen LogP contribution in [0, 0.1) is 6.92 Å². The van der Waals surface area contributed by atoms with Crippen LogP contribution in [-0.4, -0.2) is 24.9 Å². The van der Waals surface area contributed by atoms with Gasteiger partial charge in [-0.05, 0) is 19.4 Å². The van der Waals surface area contributed by atoms with Crippen LogP contribution in [0.1, 0.15) is 24.1 Å². The fourth-order valence-corrected chi connectivity index (χ4v) is 1.46. The highest BCUT2D eigenvalue weighted by molar-refractivity contribution is 5.87. The van der Waals surface area contributed by atoms with Crippen LogP contribution in [0.15, 0.2) is 24.3 Å². The van der Waals surface area contributed by atoms with E-state index in [1.54, 1.807) is 0 Å². The van der Waals surface area contributed by atoms with E-state index in [0.29, 0.717) is 6.54 Å². The maximum atomic E-state index is 11.7. The average molecular weight is 249 g/mol. The molecule has 5 heteroatoms. The summed E-state index contributed by atoms with van der Waals surface area (Å²) in [6.07, 6.45) is 0. The van der Waals surface area contributed by atoms with Gasteiger partial charge in [0.2, 0.25) is 11.8 Å². The minimum atomic E-state index is -0.750. The van der Waals surface area contributed by atoms with Gasteiger partial charge in [-0.1, -0.05) is 29.8 Å². The van der Waals surface area contributed by atoms with E-state index >= 15 is 0 Å². The summed E-state index contributed by atoms with van der Waals surface area (Å²) in [5, 5.41) is 5.10. The fourth-order valence-electron chi connectivity index (χ4n) is 1.46. The first-order valence-electron chi connectivity index (χ1n) is 5.91. The van der Waals surface area contributed by atoms with Crippen LogP contribution in [0.3, 0.4) is 0 Å². The second-order valence-electron chi connectivity index (χ2n) is 4.06. The molecule has 0 aliphatic rings. The van der Waals surface area contributed by atoms with Crippen molar-refractivity contribution in [1.29, 1.82) is 0 Å². The summed E-state index contributed by atoms with van der Waals surface area (Å²) in [5.41, 5.74) is 7.64. The van der Waals surface area contributed by atoms with Crippen molar-refractivity contribution in [2.75, 3.05) is 13.1 Å². The van der Waals surface area contributed by atoms with Crippen molar-refractivity contribution in [3.8, 4) is 0 Å². The van der Waals surface area contributed by atoms with E-state index in [0.717, 1.165) is 11.1 Å². The summed E-state index contributed by atoms with van der Waals surface area (Å²) in [7, 11) is 0. The van der Waals surface area contributed by atoms with Gasteiger partial charge in [0.05, 0.1) is 6.54 Å². The van der Waals surface area contributed by atoms with Gasteiger partial charge in [0.15, 0.2) is 0 Å². The second kappa shape index (κ2) is 6.76. The number of carbonyl (C=O) groups is 2. The van der Waals surface area contributed by atoms with Gasteiger partial charge >= 0.3 is 0 Å². The van der Waals surface area contributed by atoms with E-state index in [4.69, 9.17) is 5.73 Å². The molecule has 0 bridgehead atoms. The van der Waals surface area contributed by atoms with Gasteiger partial charge in [-0.3, -0.25) is 9.59 Å². The van der Waals surface area contributed by atoms with Crippen LogP contribution in [-0.2, 0) is 9.59 Å². The number of amides is 2. The number of aryl methyl sites for hydroxylation is 1. The summed E-state index contributed by atoms with van der Waals surface area (Å²) in [5.74, 6) is -0.577. The quantitative estimate of drug-likeness (QED) is 0.699. The number of hydrogen-bond donors (Lipinski definition) is 3. The lowest BCUT2D eigenvalue weighted by Gasteiger charge is -2.12. The van der Waals surface area contributed by atoms with E-state index in [9.17, 15) is 9.59 Å². The average Bonchev–Trinajstić information content (AvgIpc) is 2.36. The van der Waals surface area contributed by atoms with E-state index in [-0.39, 0.29) is 18.4 Å². The van der Waals surface area contributed by atoms with E-state index < -0.39 is 6.04 Å². The Labute approximate surface area is 107 Å². The molecule has 5 nitrogen and oxygen atoms in total. The Balaban J connectivity index is 2.51. The van der Waals surface area contributed by atoms with Gasteiger partial charge < -0.3 is 16.4 Å². The highest BCUT2D eigenvalue weighted by atomic mass is 16.2. The summed E-state index contributed by atoms with van der Waals surface area (Å²) in [6, 6.07) is 6.66. The molecule has 0 aliphatic heterocycles. The minimum Gasteiger partial charge on any atom is -0.355 e. The molecule has 0 radical (unpaired) electrons. The lowest BCUT2D eigenvalue weighted by Crippen LogP contribution is -2.40. The van der Waals surface area contributed by atoms with E-state index in [1.165, 1.54) is 0 Å². The molecule has 0 fully saturated rings. The Morgan fingerprint density at radius 3 is 2.39 bits per heavy atom. The predicted molar refractivity (Wildman–Crippen MR) is 69.8 cm³/mol. The summed E-state index contributed by atoms with van der Waals surface area (Å²) >= 11 is 0. The lowest BCUT2D eigenvalue weighted by atomic mass is 10.1. The highest BCUT2D eigenvalue weighted by Crippen LogP contribution is 2.11. The van der Waals surface area contributed by atoms with Gasteiger partial charge in [0, 0.05) is 6.54 Å². The molecule has 1 rings (SSSR count). The summed E-state index contributed by atoms with van der Waals surface area (Å²) < 4.78 is 0. The summed E-state index contributed by atoms with van der Waals surface area (Å²) in [4.78, 5) is 22.9. The largest absolute Gasteiger partial charge is 0.355 e. The highest BCUT2D eigenvalue weighted by Gasteiger charge is 2.15. The monoisotopic (exact) mass is 249 g/mol. The Hall–Kier alpha value is -1.88. The lowest BCUT2D eigenvalue weighted by molar-refractivity contribution is -0.126.